The number of hydrogen-bond acceptors (Lipinski definition) is 4. The number of aryl methyl sites for hydroxylation is 1. The van der Waals surface area contributed by atoms with E-state index < -0.39 is 0 Å². The quantitative estimate of drug-likeness (QED) is 0.161. The largest absolute Gasteiger partial charge is 0.491 e. The highest BCUT2D eigenvalue weighted by molar-refractivity contribution is 5.92. The van der Waals surface area contributed by atoms with E-state index in [1.807, 2.05) is 60.7 Å². The van der Waals surface area contributed by atoms with Crippen LogP contribution in [0.15, 0.2) is 127 Å². The molecule has 0 aliphatic rings. The maximum absolute atomic E-state index is 9.08. The average Bonchev–Trinajstić information content (AvgIpc) is 3.33. The number of hydrogen-bond donors (Lipinski definition) is 1. The second-order valence-electron chi connectivity index (χ2n) is 10.5. The lowest BCUT2D eigenvalue weighted by Crippen LogP contribution is -2.04. The number of aromatic nitrogens is 1. The van der Waals surface area contributed by atoms with Crippen LogP contribution in [0, 0.1) is 6.92 Å². The van der Waals surface area contributed by atoms with E-state index in [4.69, 9.17) is 19.3 Å². The van der Waals surface area contributed by atoms with Gasteiger partial charge in [-0.2, -0.15) is 0 Å². The summed E-state index contributed by atoms with van der Waals surface area (Å²) in [5.74, 6) is 2.43. The molecule has 0 bridgehead atoms. The molecule has 5 aromatic carbocycles. The molecule has 0 fully saturated rings. The van der Waals surface area contributed by atoms with Gasteiger partial charge >= 0.3 is 0 Å². The van der Waals surface area contributed by atoms with Crippen molar-refractivity contribution in [1.82, 2.24) is 4.57 Å². The molecule has 0 saturated carbocycles. The topological polar surface area (TPSA) is 52.9 Å². The van der Waals surface area contributed by atoms with Gasteiger partial charge in [-0.3, -0.25) is 0 Å². The van der Waals surface area contributed by atoms with E-state index in [1.54, 1.807) is 0 Å². The van der Waals surface area contributed by atoms with E-state index in [0.717, 1.165) is 56.1 Å². The molecule has 0 saturated heterocycles. The molecule has 0 unspecified atom stereocenters. The van der Waals surface area contributed by atoms with Crippen LogP contribution in [0.2, 0.25) is 0 Å². The summed E-state index contributed by atoms with van der Waals surface area (Å²) in [6.45, 7) is 4.20. The van der Waals surface area contributed by atoms with Gasteiger partial charge in [0.15, 0.2) is 0 Å². The Kier molecular flexibility index (Phi) is 8.72. The molecular weight excluding hydrogens is 534 g/mol. The molecule has 1 heterocycles. The van der Waals surface area contributed by atoms with Gasteiger partial charge < -0.3 is 23.9 Å². The molecule has 1 N–H and O–H groups in total. The minimum Gasteiger partial charge on any atom is -0.491 e. The predicted molar refractivity (Wildman–Crippen MR) is 172 cm³/mol. The van der Waals surface area contributed by atoms with Gasteiger partial charge in [-0.05, 0) is 89.3 Å². The molecule has 0 spiro atoms. The van der Waals surface area contributed by atoms with Crippen LogP contribution in [-0.2, 0) is 19.8 Å². The maximum atomic E-state index is 9.08. The van der Waals surface area contributed by atoms with Crippen LogP contribution in [0.3, 0.4) is 0 Å². The first-order valence-electron chi connectivity index (χ1n) is 14.6. The van der Waals surface area contributed by atoms with E-state index in [2.05, 4.69) is 78.2 Å². The molecule has 43 heavy (non-hydrogen) atoms. The predicted octanol–water partition coefficient (Wildman–Crippen LogP) is 8.19. The Morgan fingerprint density at radius 3 is 1.77 bits per heavy atom. The lowest BCUT2D eigenvalue weighted by molar-refractivity contribution is 0.201. The summed E-state index contributed by atoms with van der Waals surface area (Å²) in [6, 6.07) is 43.2. The molecule has 6 aromatic rings. The molecule has 1 aromatic heterocycles. The summed E-state index contributed by atoms with van der Waals surface area (Å²) in [7, 11) is 0. The zero-order valence-corrected chi connectivity index (χ0v) is 24.3. The molecular formula is C38H35NO4. The van der Waals surface area contributed by atoms with Crippen LogP contribution in [0.5, 0.6) is 17.2 Å². The minimum atomic E-state index is -0.00706. The number of benzene rings is 5. The van der Waals surface area contributed by atoms with Gasteiger partial charge in [-0.15, -0.1) is 0 Å². The van der Waals surface area contributed by atoms with E-state index in [1.165, 1.54) is 5.56 Å². The first-order chi connectivity index (χ1) is 21.2. The number of ether oxygens (including phenoxy) is 3. The third-order valence-corrected chi connectivity index (χ3v) is 7.54. The van der Waals surface area contributed by atoms with Crippen LogP contribution in [0.1, 0.15) is 22.3 Å². The highest BCUT2D eigenvalue weighted by atomic mass is 16.5. The Labute approximate surface area is 252 Å². The normalized spacial score (nSPS) is 11.0. The summed E-state index contributed by atoms with van der Waals surface area (Å²) in [5.41, 5.74) is 8.05. The van der Waals surface area contributed by atoms with Crippen molar-refractivity contribution in [2.75, 3.05) is 13.2 Å². The van der Waals surface area contributed by atoms with Crippen LogP contribution in [-0.4, -0.2) is 22.9 Å². The lowest BCUT2D eigenvalue weighted by Gasteiger charge is -2.14. The summed E-state index contributed by atoms with van der Waals surface area (Å²) >= 11 is 0. The van der Waals surface area contributed by atoms with Crippen molar-refractivity contribution in [3.05, 3.63) is 150 Å². The minimum absolute atomic E-state index is 0.00706. The van der Waals surface area contributed by atoms with Crippen LogP contribution >= 0.6 is 0 Å². The van der Waals surface area contributed by atoms with Crippen molar-refractivity contribution in [2.45, 2.75) is 26.7 Å². The Morgan fingerprint density at radius 2 is 1.14 bits per heavy atom. The van der Waals surface area contributed by atoms with Crippen molar-refractivity contribution in [3.63, 3.8) is 0 Å². The molecule has 0 atom stereocenters. The molecule has 0 amide bonds. The van der Waals surface area contributed by atoms with Gasteiger partial charge in [-0.1, -0.05) is 72.8 Å². The molecule has 5 nitrogen and oxygen atoms in total. The molecule has 6 rings (SSSR count). The van der Waals surface area contributed by atoms with Crippen LogP contribution < -0.4 is 14.2 Å². The van der Waals surface area contributed by atoms with Crippen LogP contribution in [0.25, 0.3) is 22.2 Å². The van der Waals surface area contributed by atoms with E-state index in [-0.39, 0.29) is 13.2 Å². The summed E-state index contributed by atoms with van der Waals surface area (Å²) in [6.07, 6.45) is 0. The van der Waals surface area contributed by atoms with E-state index in [9.17, 15) is 0 Å². The lowest BCUT2D eigenvalue weighted by atomic mass is 10.1. The maximum Gasteiger partial charge on any atom is 0.120 e. The van der Waals surface area contributed by atoms with Crippen LogP contribution in [0.4, 0.5) is 0 Å². The zero-order valence-electron chi connectivity index (χ0n) is 24.3. The Hall–Kier alpha value is -5.00. The molecule has 0 radical (unpaired) electrons. The number of aliphatic hydroxyl groups is 1. The van der Waals surface area contributed by atoms with Gasteiger partial charge in [0.05, 0.1) is 12.3 Å². The first-order valence-corrected chi connectivity index (χ1v) is 14.6. The Balaban J connectivity index is 1.31. The monoisotopic (exact) mass is 569 g/mol. The molecule has 0 aliphatic heterocycles. The van der Waals surface area contributed by atoms with Gasteiger partial charge in [0, 0.05) is 17.4 Å². The van der Waals surface area contributed by atoms with E-state index in [0.29, 0.717) is 19.8 Å². The molecule has 216 valence electrons. The number of rotatable bonds is 12. The summed E-state index contributed by atoms with van der Waals surface area (Å²) in [4.78, 5) is 0. The number of aliphatic hydroxyl groups excluding tert-OH is 1. The molecule has 0 aliphatic carbocycles. The van der Waals surface area contributed by atoms with Crippen molar-refractivity contribution in [2.24, 2.45) is 0 Å². The molecule has 5 heteroatoms. The Bertz CT molecular complexity index is 1760. The highest BCUT2D eigenvalue weighted by Gasteiger charge is 2.17. The Morgan fingerprint density at radius 1 is 0.581 bits per heavy atom. The fourth-order valence-electron chi connectivity index (χ4n) is 5.36. The van der Waals surface area contributed by atoms with Crippen molar-refractivity contribution < 1.29 is 19.3 Å². The van der Waals surface area contributed by atoms with Gasteiger partial charge in [0.1, 0.15) is 37.1 Å². The van der Waals surface area contributed by atoms with Gasteiger partial charge in [-0.25, -0.2) is 0 Å². The average molecular weight is 570 g/mol. The highest BCUT2D eigenvalue weighted by Crippen LogP contribution is 2.37. The SMILES string of the molecule is Cc1c(-c2ccc(OCc3ccccc3)cc2)n(Cc2ccc(OCCO)cc2)c2ccc(OCc3ccccc3)cc12. The smallest absolute Gasteiger partial charge is 0.120 e. The fraction of sp³-hybridized carbons (Fsp3) is 0.158. The van der Waals surface area contributed by atoms with Crippen molar-refractivity contribution >= 4 is 10.9 Å². The van der Waals surface area contributed by atoms with Crippen molar-refractivity contribution in [1.29, 1.82) is 0 Å². The number of nitrogens with zero attached hydrogens (tertiary/aromatic N) is 1. The van der Waals surface area contributed by atoms with E-state index >= 15 is 0 Å². The summed E-state index contributed by atoms with van der Waals surface area (Å²) in [5, 5.41) is 10.2. The third-order valence-electron chi connectivity index (χ3n) is 7.54. The van der Waals surface area contributed by atoms with Crippen molar-refractivity contribution in [3.8, 4) is 28.5 Å². The third kappa shape index (κ3) is 6.74. The van der Waals surface area contributed by atoms with Gasteiger partial charge in [0.25, 0.3) is 0 Å². The summed E-state index contributed by atoms with van der Waals surface area (Å²) < 4.78 is 20.2. The van der Waals surface area contributed by atoms with Gasteiger partial charge in [0.2, 0.25) is 0 Å². The first kappa shape index (κ1) is 28.1. The second-order valence-corrected chi connectivity index (χ2v) is 10.5. The zero-order chi connectivity index (χ0) is 29.4. The fourth-order valence-corrected chi connectivity index (χ4v) is 5.36. The number of fused-ring (bicyclic) bond motifs is 1. The standard InChI is InChI=1S/C38H35NO4/c1-28-36-24-35(43-27-31-10-6-3-7-11-31)20-21-37(36)39(25-29-12-16-33(17-13-29)41-23-22-40)38(28)32-14-18-34(19-15-32)42-26-30-8-4-2-5-9-30/h2-21,24,40H,22-23,25-27H2,1H3. The second kappa shape index (κ2) is 13.3.